The molecule has 1 saturated heterocycles. The largest absolute Gasteiger partial charge is 0.348 e. The molecule has 1 aromatic rings. The number of benzene rings is 1. The fraction of sp³-hybridized carbons (Fsp3) is 0.556. The third kappa shape index (κ3) is 3.91. The first kappa shape index (κ1) is 16.0. The minimum atomic E-state index is -0.0563. The molecule has 4 atom stereocenters. The molecule has 0 aromatic heterocycles. The summed E-state index contributed by atoms with van der Waals surface area (Å²) in [5.41, 5.74) is 1.37. The van der Waals surface area contributed by atoms with Crippen molar-refractivity contribution >= 4 is 17.5 Å². The lowest BCUT2D eigenvalue weighted by molar-refractivity contribution is -0.117. The van der Waals surface area contributed by atoms with Gasteiger partial charge in [-0.05, 0) is 55.5 Å². The lowest BCUT2D eigenvalue weighted by Gasteiger charge is -2.30. The van der Waals surface area contributed by atoms with Crippen molar-refractivity contribution in [2.45, 2.75) is 32.7 Å². The van der Waals surface area contributed by atoms with Crippen molar-refractivity contribution in [1.82, 2.24) is 10.6 Å². The molecule has 1 aliphatic carbocycles. The third-order valence-electron chi connectivity index (χ3n) is 5.00. The van der Waals surface area contributed by atoms with E-state index >= 15 is 0 Å². The Morgan fingerprint density at radius 1 is 1.13 bits per heavy atom. The molecule has 124 valence electrons. The fourth-order valence-electron chi connectivity index (χ4n) is 3.06. The smallest absolute Gasteiger partial charge is 0.251 e. The highest BCUT2D eigenvalue weighted by Crippen LogP contribution is 2.38. The van der Waals surface area contributed by atoms with Gasteiger partial charge in [0.05, 0.1) is 0 Å². The van der Waals surface area contributed by atoms with Gasteiger partial charge >= 0.3 is 0 Å². The number of rotatable bonds is 4. The summed E-state index contributed by atoms with van der Waals surface area (Å²) < 4.78 is 0. The van der Waals surface area contributed by atoms with Crippen LogP contribution in [0.4, 0.5) is 5.69 Å². The molecule has 23 heavy (non-hydrogen) atoms. The zero-order chi connectivity index (χ0) is 16.4. The minimum absolute atomic E-state index is 0.0563. The Morgan fingerprint density at radius 3 is 2.43 bits per heavy atom. The summed E-state index contributed by atoms with van der Waals surface area (Å²) in [6.45, 7) is 6.09. The maximum atomic E-state index is 12.3. The lowest BCUT2D eigenvalue weighted by Crippen LogP contribution is -2.50. The van der Waals surface area contributed by atoms with Crippen LogP contribution in [-0.2, 0) is 4.79 Å². The van der Waals surface area contributed by atoms with Crippen LogP contribution in [-0.4, -0.2) is 30.9 Å². The molecule has 4 unspecified atom stereocenters. The van der Waals surface area contributed by atoms with Crippen LogP contribution in [0.5, 0.6) is 0 Å². The third-order valence-corrected chi connectivity index (χ3v) is 5.00. The number of hydrogen-bond acceptors (Lipinski definition) is 3. The number of piperidine rings is 1. The first-order chi connectivity index (χ1) is 11.0. The molecule has 0 radical (unpaired) electrons. The molecule has 1 aliphatic heterocycles. The molecule has 1 heterocycles. The second kappa shape index (κ2) is 6.71. The van der Waals surface area contributed by atoms with Crippen LogP contribution in [0.2, 0.25) is 0 Å². The van der Waals surface area contributed by atoms with Crippen molar-refractivity contribution in [3.63, 3.8) is 0 Å². The maximum absolute atomic E-state index is 12.3. The fourth-order valence-corrected chi connectivity index (χ4v) is 3.06. The number of amides is 2. The summed E-state index contributed by atoms with van der Waals surface area (Å²) >= 11 is 0. The average molecular weight is 315 g/mol. The highest BCUT2D eigenvalue weighted by atomic mass is 16.2. The molecule has 5 nitrogen and oxygen atoms in total. The lowest BCUT2D eigenvalue weighted by atomic mass is 9.94. The number of nitrogens with one attached hydrogen (secondary N) is 3. The van der Waals surface area contributed by atoms with Gasteiger partial charge in [-0.25, -0.2) is 0 Å². The molecule has 1 aromatic carbocycles. The Labute approximate surface area is 137 Å². The first-order valence-corrected chi connectivity index (χ1v) is 8.47. The molecule has 2 aliphatic rings. The molecule has 2 fully saturated rings. The topological polar surface area (TPSA) is 70.2 Å². The van der Waals surface area contributed by atoms with Gasteiger partial charge in [0.25, 0.3) is 5.91 Å². The van der Waals surface area contributed by atoms with E-state index in [0.717, 1.165) is 31.6 Å². The van der Waals surface area contributed by atoms with Gasteiger partial charge in [-0.2, -0.15) is 0 Å². The van der Waals surface area contributed by atoms with Gasteiger partial charge in [-0.15, -0.1) is 0 Å². The van der Waals surface area contributed by atoms with Crippen LogP contribution < -0.4 is 16.0 Å². The first-order valence-electron chi connectivity index (χ1n) is 8.47. The van der Waals surface area contributed by atoms with E-state index in [4.69, 9.17) is 0 Å². The SMILES string of the molecule is CC1CCNCC1NC(=O)c1ccc(NC(=O)C2CC2C)cc1. The van der Waals surface area contributed by atoms with E-state index in [1.807, 2.05) is 0 Å². The van der Waals surface area contributed by atoms with Crippen LogP contribution in [0.15, 0.2) is 24.3 Å². The van der Waals surface area contributed by atoms with E-state index in [9.17, 15) is 9.59 Å². The van der Waals surface area contributed by atoms with Crippen LogP contribution in [0.3, 0.4) is 0 Å². The normalized spacial score (nSPS) is 29.7. The Balaban J connectivity index is 1.55. The van der Waals surface area contributed by atoms with Crippen molar-refractivity contribution in [1.29, 1.82) is 0 Å². The van der Waals surface area contributed by atoms with Crippen molar-refractivity contribution in [2.75, 3.05) is 18.4 Å². The van der Waals surface area contributed by atoms with Gasteiger partial charge in [0.1, 0.15) is 0 Å². The number of anilines is 1. The van der Waals surface area contributed by atoms with Crippen molar-refractivity contribution in [3.8, 4) is 0 Å². The standard InChI is InChI=1S/C18H25N3O2/c1-11-7-8-19-10-16(11)21-17(22)13-3-5-14(6-4-13)20-18(23)15-9-12(15)2/h3-6,11-12,15-16,19H,7-10H2,1-2H3,(H,20,23)(H,21,22). The summed E-state index contributed by atoms with van der Waals surface area (Å²) in [5.74, 6) is 1.15. The summed E-state index contributed by atoms with van der Waals surface area (Å²) in [5, 5.41) is 9.31. The molecule has 0 bridgehead atoms. The Morgan fingerprint density at radius 2 is 1.83 bits per heavy atom. The van der Waals surface area contributed by atoms with E-state index in [-0.39, 0.29) is 23.8 Å². The molecule has 1 saturated carbocycles. The van der Waals surface area contributed by atoms with Crippen molar-refractivity contribution < 1.29 is 9.59 Å². The van der Waals surface area contributed by atoms with Crippen LogP contribution in [0.1, 0.15) is 37.0 Å². The summed E-state index contributed by atoms with van der Waals surface area (Å²) in [7, 11) is 0. The molecular weight excluding hydrogens is 290 g/mol. The van der Waals surface area contributed by atoms with Gasteiger partial charge in [-0.3, -0.25) is 9.59 Å². The zero-order valence-electron chi connectivity index (χ0n) is 13.8. The molecule has 5 heteroatoms. The van der Waals surface area contributed by atoms with Crippen LogP contribution >= 0.6 is 0 Å². The van der Waals surface area contributed by atoms with Gasteiger partial charge in [0.15, 0.2) is 0 Å². The van der Waals surface area contributed by atoms with Crippen LogP contribution in [0, 0.1) is 17.8 Å². The number of carbonyl (C=O) groups excluding carboxylic acids is 2. The molecule has 3 N–H and O–H groups in total. The zero-order valence-corrected chi connectivity index (χ0v) is 13.8. The second-order valence-electron chi connectivity index (χ2n) is 6.94. The van der Waals surface area contributed by atoms with E-state index in [1.165, 1.54) is 0 Å². The molecular formula is C18H25N3O2. The Bertz CT molecular complexity index is 584. The van der Waals surface area contributed by atoms with E-state index in [1.54, 1.807) is 24.3 Å². The van der Waals surface area contributed by atoms with E-state index < -0.39 is 0 Å². The minimum Gasteiger partial charge on any atom is -0.348 e. The number of hydrogen-bond donors (Lipinski definition) is 3. The Hall–Kier alpha value is -1.88. The highest BCUT2D eigenvalue weighted by Gasteiger charge is 2.39. The van der Waals surface area contributed by atoms with Gasteiger partial charge in [0.2, 0.25) is 5.91 Å². The molecule has 0 spiro atoms. The predicted octanol–water partition coefficient (Wildman–Crippen LogP) is 2.01. The number of carbonyl (C=O) groups is 2. The maximum Gasteiger partial charge on any atom is 0.251 e. The van der Waals surface area contributed by atoms with Crippen molar-refractivity contribution in [2.24, 2.45) is 17.8 Å². The summed E-state index contributed by atoms with van der Waals surface area (Å²) in [6.07, 6.45) is 2.05. The quantitative estimate of drug-likeness (QED) is 0.796. The van der Waals surface area contributed by atoms with Gasteiger partial charge < -0.3 is 16.0 Å². The predicted molar refractivity (Wildman–Crippen MR) is 90.2 cm³/mol. The van der Waals surface area contributed by atoms with Crippen LogP contribution in [0.25, 0.3) is 0 Å². The monoisotopic (exact) mass is 315 g/mol. The van der Waals surface area contributed by atoms with Gasteiger partial charge in [0, 0.05) is 29.8 Å². The van der Waals surface area contributed by atoms with Crippen molar-refractivity contribution in [3.05, 3.63) is 29.8 Å². The summed E-state index contributed by atoms with van der Waals surface area (Å²) in [4.78, 5) is 24.2. The van der Waals surface area contributed by atoms with Gasteiger partial charge in [-0.1, -0.05) is 13.8 Å². The van der Waals surface area contributed by atoms with E-state index in [0.29, 0.717) is 17.4 Å². The molecule has 2 amide bonds. The Kier molecular flexibility index (Phi) is 4.66. The average Bonchev–Trinajstić information content (AvgIpc) is 3.27. The molecule has 3 rings (SSSR count). The highest BCUT2D eigenvalue weighted by molar-refractivity contribution is 5.97. The second-order valence-corrected chi connectivity index (χ2v) is 6.94. The summed E-state index contributed by atoms with van der Waals surface area (Å²) in [6, 6.07) is 7.29. The van der Waals surface area contributed by atoms with E-state index in [2.05, 4.69) is 29.8 Å².